The molecule has 0 aromatic carbocycles. The van der Waals surface area contributed by atoms with Crippen molar-refractivity contribution >= 4 is 0 Å². The molecule has 0 spiro atoms. The summed E-state index contributed by atoms with van der Waals surface area (Å²) >= 11 is 0. The summed E-state index contributed by atoms with van der Waals surface area (Å²) in [7, 11) is 0. The van der Waals surface area contributed by atoms with Crippen molar-refractivity contribution < 1.29 is 0 Å². The minimum absolute atomic E-state index is 0.538. The number of pyridine rings is 1. The van der Waals surface area contributed by atoms with Crippen LogP contribution in [0.1, 0.15) is 31.0 Å². The second kappa shape index (κ2) is 7.22. The highest BCUT2D eigenvalue weighted by atomic mass is 15.1. The van der Waals surface area contributed by atoms with Crippen LogP contribution in [0.25, 0.3) is 0 Å². The highest BCUT2D eigenvalue weighted by Crippen LogP contribution is 2.16. The van der Waals surface area contributed by atoms with Crippen molar-refractivity contribution in [2.45, 2.75) is 26.3 Å². The van der Waals surface area contributed by atoms with Gasteiger partial charge in [0.25, 0.3) is 0 Å². The Balaban J connectivity index is 1.74. The van der Waals surface area contributed by atoms with Gasteiger partial charge in [-0.3, -0.25) is 0 Å². The summed E-state index contributed by atoms with van der Waals surface area (Å²) in [6.45, 7) is 7.62. The Morgan fingerprint density at radius 1 is 1.47 bits per heavy atom. The summed E-state index contributed by atoms with van der Waals surface area (Å²) in [5.41, 5.74) is 1.53. The molecule has 1 saturated heterocycles. The average molecular weight is 258 g/mol. The van der Waals surface area contributed by atoms with E-state index in [0.29, 0.717) is 5.69 Å². The molecule has 0 radical (unpaired) electrons. The third kappa shape index (κ3) is 4.02. The molecule has 4 nitrogen and oxygen atoms in total. The van der Waals surface area contributed by atoms with Gasteiger partial charge in [0.15, 0.2) is 0 Å². The van der Waals surface area contributed by atoms with Crippen LogP contribution in [0, 0.1) is 17.2 Å². The zero-order valence-corrected chi connectivity index (χ0v) is 11.6. The van der Waals surface area contributed by atoms with Crippen LogP contribution in [0.2, 0.25) is 0 Å². The van der Waals surface area contributed by atoms with Gasteiger partial charge in [-0.25, -0.2) is 4.98 Å². The van der Waals surface area contributed by atoms with E-state index < -0.39 is 0 Å². The average Bonchev–Trinajstić information content (AvgIpc) is 2.48. The standard InChI is InChI=1S/C15H22N4/c1-2-19-8-5-13(6-9-19)11-17-12-14-4-3-7-18-15(14)10-16/h3-4,7,13,17H,2,5-6,8-9,11-12H2,1H3. The lowest BCUT2D eigenvalue weighted by atomic mass is 9.97. The van der Waals surface area contributed by atoms with E-state index in [1.54, 1.807) is 6.20 Å². The fraction of sp³-hybridized carbons (Fsp3) is 0.600. The Kier molecular flexibility index (Phi) is 5.31. The zero-order chi connectivity index (χ0) is 13.5. The summed E-state index contributed by atoms with van der Waals surface area (Å²) in [6, 6.07) is 6.00. The van der Waals surface area contributed by atoms with Gasteiger partial charge in [0.05, 0.1) is 0 Å². The van der Waals surface area contributed by atoms with E-state index in [1.807, 2.05) is 12.1 Å². The topological polar surface area (TPSA) is 52.0 Å². The summed E-state index contributed by atoms with van der Waals surface area (Å²) in [4.78, 5) is 6.58. The van der Waals surface area contributed by atoms with E-state index in [0.717, 1.165) is 24.6 Å². The lowest BCUT2D eigenvalue weighted by molar-refractivity contribution is 0.190. The van der Waals surface area contributed by atoms with E-state index in [2.05, 4.69) is 28.2 Å². The monoisotopic (exact) mass is 258 g/mol. The SMILES string of the molecule is CCN1CCC(CNCc2cccnc2C#N)CC1. The van der Waals surface area contributed by atoms with Crippen LogP contribution < -0.4 is 5.32 Å². The Bertz CT molecular complexity index is 430. The Morgan fingerprint density at radius 2 is 2.26 bits per heavy atom. The number of likely N-dealkylation sites (tertiary alicyclic amines) is 1. The fourth-order valence-corrected chi connectivity index (χ4v) is 2.60. The van der Waals surface area contributed by atoms with Crippen molar-refractivity contribution in [2.24, 2.45) is 5.92 Å². The van der Waals surface area contributed by atoms with Gasteiger partial charge in [0.2, 0.25) is 0 Å². The third-order valence-electron chi connectivity index (χ3n) is 3.90. The van der Waals surface area contributed by atoms with Crippen molar-refractivity contribution in [1.82, 2.24) is 15.2 Å². The highest BCUT2D eigenvalue weighted by molar-refractivity contribution is 5.30. The van der Waals surface area contributed by atoms with Crippen LogP contribution in [0.3, 0.4) is 0 Å². The minimum Gasteiger partial charge on any atom is -0.312 e. The van der Waals surface area contributed by atoms with Gasteiger partial charge in [-0.15, -0.1) is 0 Å². The number of nitrogens with one attached hydrogen (secondary N) is 1. The minimum atomic E-state index is 0.538. The van der Waals surface area contributed by atoms with Crippen molar-refractivity contribution in [1.29, 1.82) is 5.26 Å². The molecule has 1 aliphatic heterocycles. The van der Waals surface area contributed by atoms with Crippen molar-refractivity contribution in [3.63, 3.8) is 0 Å². The Hall–Kier alpha value is -1.44. The molecule has 0 atom stereocenters. The maximum absolute atomic E-state index is 8.98. The van der Waals surface area contributed by atoms with E-state index in [-0.39, 0.29) is 0 Å². The number of hydrogen-bond donors (Lipinski definition) is 1. The van der Waals surface area contributed by atoms with Crippen LogP contribution in [-0.4, -0.2) is 36.1 Å². The van der Waals surface area contributed by atoms with Gasteiger partial charge in [-0.05, 0) is 51.0 Å². The first-order valence-electron chi connectivity index (χ1n) is 7.10. The van der Waals surface area contributed by atoms with Crippen LogP contribution in [-0.2, 0) is 6.54 Å². The lowest BCUT2D eigenvalue weighted by Crippen LogP contribution is -2.37. The predicted octanol–water partition coefficient (Wildman–Crippen LogP) is 1.77. The molecule has 1 N–H and O–H groups in total. The van der Waals surface area contributed by atoms with E-state index in [4.69, 9.17) is 5.26 Å². The van der Waals surface area contributed by atoms with Gasteiger partial charge in [0, 0.05) is 18.3 Å². The zero-order valence-electron chi connectivity index (χ0n) is 11.6. The van der Waals surface area contributed by atoms with Crippen LogP contribution >= 0.6 is 0 Å². The first-order valence-corrected chi connectivity index (χ1v) is 7.10. The second-order valence-corrected chi connectivity index (χ2v) is 5.13. The van der Waals surface area contributed by atoms with Gasteiger partial charge in [-0.2, -0.15) is 5.26 Å². The third-order valence-corrected chi connectivity index (χ3v) is 3.90. The molecule has 0 amide bonds. The Labute approximate surface area is 115 Å². The first-order chi connectivity index (χ1) is 9.33. The molecular formula is C15H22N4. The molecule has 2 heterocycles. The largest absolute Gasteiger partial charge is 0.312 e. The normalized spacial score (nSPS) is 17.3. The van der Waals surface area contributed by atoms with Gasteiger partial charge in [-0.1, -0.05) is 13.0 Å². The number of hydrogen-bond acceptors (Lipinski definition) is 4. The summed E-state index contributed by atoms with van der Waals surface area (Å²) in [5.74, 6) is 0.769. The van der Waals surface area contributed by atoms with Gasteiger partial charge < -0.3 is 10.2 Å². The summed E-state index contributed by atoms with van der Waals surface area (Å²) in [5, 5.41) is 12.4. The molecule has 0 bridgehead atoms. The molecule has 1 aromatic rings. The molecule has 4 heteroatoms. The number of piperidine rings is 1. The van der Waals surface area contributed by atoms with E-state index in [9.17, 15) is 0 Å². The molecule has 1 fully saturated rings. The van der Waals surface area contributed by atoms with Crippen molar-refractivity contribution in [3.8, 4) is 6.07 Å². The molecule has 19 heavy (non-hydrogen) atoms. The van der Waals surface area contributed by atoms with E-state index in [1.165, 1.54) is 32.5 Å². The molecule has 2 rings (SSSR count). The van der Waals surface area contributed by atoms with Crippen molar-refractivity contribution in [2.75, 3.05) is 26.2 Å². The molecule has 102 valence electrons. The second-order valence-electron chi connectivity index (χ2n) is 5.13. The van der Waals surface area contributed by atoms with Gasteiger partial charge in [0.1, 0.15) is 11.8 Å². The molecule has 1 aromatic heterocycles. The first kappa shape index (κ1) is 14.0. The quantitative estimate of drug-likeness (QED) is 0.874. The highest BCUT2D eigenvalue weighted by Gasteiger charge is 2.17. The number of rotatable bonds is 5. The molecular weight excluding hydrogens is 236 g/mol. The molecule has 0 saturated carbocycles. The molecule has 1 aliphatic rings. The van der Waals surface area contributed by atoms with Crippen molar-refractivity contribution in [3.05, 3.63) is 29.6 Å². The summed E-state index contributed by atoms with van der Waals surface area (Å²) < 4.78 is 0. The van der Waals surface area contributed by atoms with Crippen LogP contribution in [0.4, 0.5) is 0 Å². The maximum atomic E-state index is 8.98. The van der Waals surface area contributed by atoms with E-state index >= 15 is 0 Å². The number of nitrogens with zero attached hydrogens (tertiary/aromatic N) is 3. The number of aromatic nitrogens is 1. The smallest absolute Gasteiger partial charge is 0.144 e. The molecule has 0 aliphatic carbocycles. The number of nitriles is 1. The fourth-order valence-electron chi connectivity index (χ4n) is 2.60. The molecule has 0 unspecified atom stereocenters. The van der Waals surface area contributed by atoms with Gasteiger partial charge >= 0.3 is 0 Å². The summed E-state index contributed by atoms with van der Waals surface area (Å²) in [6.07, 6.45) is 4.22. The Morgan fingerprint density at radius 3 is 2.95 bits per heavy atom. The lowest BCUT2D eigenvalue weighted by Gasteiger charge is -2.31. The predicted molar refractivity (Wildman–Crippen MR) is 75.5 cm³/mol. The maximum Gasteiger partial charge on any atom is 0.144 e. The van der Waals surface area contributed by atoms with Crippen LogP contribution in [0.5, 0.6) is 0 Å². The van der Waals surface area contributed by atoms with Crippen LogP contribution in [0.15, 0.2) is 18.3 Å².